The molecule has 0 aliphatic heterocycles. The monoisotopic (exact) mass is 560 g/mol. The van der Waals surface area contributed by atoms with E-state index in [9.17, 15) is 0 Å². The fraction of sp³-hybridized carbons (Fsp3) is 0.400. The van der Waals surface area contributed by atoms with Crippen LogP contribution in [0.25, 0.3) is 0 Å². The number of unbranched alkanes of at least 4 members (excludes halogenated alkanes) is 5. The Bertz CT molecular complexity index is 1240. The largest absolute Gasteiger partial charge is 0.399 e. The molecule has 0 radical (unpaired) electrons. The van der Waals surface area contributed by atoms with Gasteiger partial charge in [0.1, 0.15) is 0 Å². The molecule has 0 bridgehead atoms. The van der Waals surface area contributed by atoms with Gasteiger partial charge in [-0.1, -0.05) is 100 Å². The zero-order valence-corrected chi connectivity index (χ0v) is 26.1. The van der Waals surface area contributed by atoms with Crippen molar-refractivity contribution >= 4 is 11.4 Å². The Morgan fingerprint density at radius 1 is 0.381 bits per heavy atom. The molecule has 0 aromatic heterocycles. The lowest BCUT2D eigenvalue weighted by molar-refractivity contribution is 0.714. The summed E-state index contributed by atoms with van der Waals surface area (Å²) >= 11 is 0. The molecule has 0 aliphatic carbocycles. The predicted octanol–water partition coefficient (Wildman–Crippen LogP) is 10.1. The number of anilines is 2. The first kappa shape index (κ1) is 31.4. The number of nitrogen functional groups attached to an aromatic ring is 2. The van der Waals surface area contributed by atoms with Crippen LogP contribution in [0.1, 0.15) is 110 Å². The van der Waals surface area contributed by atoms with Crippen molar-refractivity contribution in [2.24, 2.45) is 0 Å². The molecule has 0 aliphatic rings. The second-order valence-electron chi connectivity index (χ2n) is 12.2. The van der Waals surface area contributed by atoms with Gasteiger partial charge in [0, 0.05) is 11.4 Å². The van der Waals surface area contributed by atoms with E-state index in [4.69, 9.17) is 11.5 Å². The third-order valence-corrected chi connectivity index (χ3v) is 8.58. The number of rotatable bonds is 17. The second-order valence-corrected chi connectivity index (χ2v) is 12.2. The smallest absolute Gasteiger partial charge is 0.0316 e. The summed E-state index contributed by atoms with van der Waals surface area (Å²) in [5, 5.41) is 0. The summed E-state index contributed by atoms with van der Waals surface area (Å²) in [5.74, 6) is 0. The predicted molar refractivity (Wildman–Crippen MR) is 183 cm³/mol. The van der Waals surface area contributed by atoms with Crippen LogP contribution in [0.4, 0.5) is 11.4 Å². The lowest BCUT2D eigenvalue weighted by atomic mass is 9.94. The van der Waals surface area contributed by atoms with E-state index in [0.29, 0.717) is 0 Å². The molecular formula is C40H52N2. The molecule has 42 heavy (non-hydrogen) atoms. The molecule has 2 nitrogen and oxygen atoms in total. The van der Waals surface area contributed by atoms with E-state index < -0.39 is 0 Å². The molecule has 4 N–H and O–H groups in total. The summed E-state index contributed by atoms with van der Waals surface area (Å²) in [6, 6.07) is 31.5. The summed E-state index contributed by atoms with van der Waals surface area (Å²) in [6.07, 6.45) is 16.4. The van der Waals surface area contributed by atoms with Crippen molar-refractivity contribution < 1.29 is 0 Å². The van der Waals surface area contributed by atoms with Gasteiger partial charge in [-0.3, -0.25) is 0 Å². The highest BCUT2D eigenvalue weighted by Gasteiger charge is 2.07. The lowest BCUT2D eigenvalue weighted by Gasteiger charge is -2.12. The molecule has 0 heterocycles. The molecular weight excluding hydrogens is 508 g/mol. The number of hydrogen-bond donors (Lipinski definition) is 2. The average Bonchev–Trinajstić information content (AvgIpc) is 3.00. The van der Waals surface area contributed by atoms with Gasteiger partial charge in [0.15, 0.2) is 0 Å². The van der Waals surface area contributed by atoms with E-state index in [1.807, 2.05) is 12.1 Å². The Morgan fingerprint density at radius 3 is 1.12 bits per heavy atom. The Balaban J connectivity index is 1.22. The van der Waals surface area contributed by atoms with Gasteiger partial charge in [0.2, 0.25) is 0 Å². The van der Waals surface area contributed by atoms with Gasteiger partial charge < -0.3 is 11.5 Å². The fourth-order valence-corrected chi connectivity index (χ4v) is 5.98. The number of hydrogen-bond acceptors (Lipinski definition) is 2. The van der Waals surface area contributed by atoms with Crippen LogP contribution >= 0.6 is 0 Å². The van der Waals surface area contributed by atoms with Crippen LogP contribution in [0, 0.1) is 0 Å². The van der Waals surface area contributed by atoms with E-state index in [1.165, 1.54) is 95.9 Å². The first-order chi connectivity index (χ1) is 20.5. The molecule has 0 atom stereocenters. The molecule has 0 spiro atoms. The van der Waals surface area contributed by atoms with Gasteiger partial charge in [0.05, 0.1) is 0 Å². The zero-order valence-electron chi connectivity index (χ0n) is 26.1. The minimum absolute atomic E-state index is 0.876. The van der Waals surface area contributed by atoms with Crippen LogP contribution in [0.2, 0.25) is 0 Å². The van der Waals surface area contributed by atoms with Gasteiger partial charge in [-0.25, -0.2) is 0 Å². The molecule has 222 valence electrons. The van der Waals surface area contributed by atoms with Crippen molar-refractivity contribution in [3.63, 3.8) is 0 Å². The summed E-state index contributed by atoms with van der Waals surface area (Å²) in [5.41, 5.74) is 25.2. The molecule has 0 fully saturated rings. The second kappa shape index (κ2) is 16.8. The van der Waals surface area contributed by atoms with Crippen molar-refractivity contribution in [1.29, 1.82) is 0 Å². The molecule has 0 amide bonds. The Labute approximate surface area is 255 Å². The van der Waals surface area contributed by atoms with Crippen molar-refractivity contribution in [2.45, 2.75) is 104 Å². The summed E-state index contributed by atoms with van der Waals surface area (Å²) in [7, 11) is 0. The Kier molecular flexibility index (Phi) is 12.6. The summed E-state index contributed by atoms with van der Waals surface area (Å²) in [4.78, 5) is 0. The maximum Gasteiger partial charge on any atom is 0.0316 e. The third-order valence-electron chi connectivity index (χ3n) is 8.58. The van der Waals surface area contributed by atoms with Crippen LogP contribution in [0.3, 0.4) is 0 Å². The van der Waals surface area contributed by atoms with Crippen LogP contribution in [-0.2, 0) is 38.5 Å². The fourth-order valence-electron chi connectivity index (χ4n) is 5.98. The van der Waals surface area contributed by atoms with Gasteiger partial charge in [-0.2, -0.15) is 0 Å². The first-order valence-electron chi connectivity index (χ1n) is 16.4. The molecule has 2 heteroatoms. The Morgan fingerprint density at radius 2 is 0.738 bits per heavy atom. The number of benzene rings is 4. The van der Waals surface area contributed by atoms with Gasteiger partial charge >= 0.3 is 0 Å². The number of aryl methyl sites for hydroxylation is 4. The molecule has 0 saturated heterocycles. The standard InChI is InChI=1S/C40H52N2/c1-3-5-7-13-35-29-39(41)25-23-37(35)27-33-19-15-31(16-20-33)11-9-10-12-32-17-21-34(22-18-32)28-38-24-26-40(42)30-36(38)14-8-6-4-2/h15-26,29-30H,3-14,27-28,41-42H2,1-2H3. The van der Waals surface area contributed by atoms with Crippen LogP contribution in [0.15, 0.2) is 84.9 Å². The average molecular weight is 561 g/mol. The molecule has 4 aromatic rings. The summed E-state index contributed by atoms with van der Waals surface area (Å²) < 4.78 is 0. The lowest BCUT2D eigenvalue weighted by Crippen LogP contribution is -1.99. The maximum absolute atomic E-state index is 6.10. The van der Waals surface area contributed by atoms with E-state index in [-0.39, 0.29) is 0 Å². The normalized spacial score (nSPS) is 11.2. The molecule has 0 unspecified atom stereocenters. The molecule has 0 saturated carbocycles. The van der Waals surface area contributed by atoms with Gasteiger partial charge in [-0.15, -0.1) is 0 Å². The number of nitrogens with two attached hydrogens (primary N) is 2. The van der Waals surface area contributed by atoms with E-state index in [1.54, 1.807) is 0 Å². The minimum Gasteiger partial charge on any atom is -0.399 e. The van der Waals surface area contributed by atoms with Crippen LogP contribution < -0.4 is 11.5 Å². The summed E-state index contributed by atoms with van der Waals surface area (Å²) in [6.45, 7) is 4.51. The quantitative estimate of drug-likeness (QED) is 0.0997. The highest BCUT2D eigenvalue weighted by atomic mass is 14.5. The maximum atomic E-state index is 6.10. The van der Waals surface area contributed by atoms with Gasteiger partial charge in [-0.05, 0) is 133 Å². The zero-order chi connectivity index (χ0) is 29.6. The molecule has 4 rings (SSSR count). The SMILES string of the molecule is CCCCCc1cc(N)ccc1Cc1ccc(CCCCc2ccc(Cc3ccc(N)cc3CCCCC)cc2)cc1. The minimum atomic E-state index is 0.876. The Hall–Kier alpha value is -3.52. The van der Waals surface area contributed by atoms with Crippen molar-refractivity contribution in [2.75, 3.05) is 11.5 Å². The van der Waals surface area contributed by atoms with E-state index >= 15 is 0 Å². The van der Waals surface area contributed by atoms with Crippen LogP contribution in [-0.4, -0.2) is 0 Å². The van der Waals surface area contributed by atoms with E-state index in [0.717, 1.165) is 49.9 Å². The first-order valence-corrected chi connectivity index (χ1v) is 16.4. The highest BCUT2D eigenvalue weighted by Crippen LogP contribution is 2.22. The van der Waals surface area contributed by atoms with E-state index in [2.05, 4.69) is 86.6 Å². The third kappa shape index (κ3) is 10.1. The molecule has 4 aromatic carbocycles. The highest BCUT2D eigenvalue weighted by molar-refractivity contribution is 5.47. The van der Waals surface area contributed by atoms with Crippen molar-refractivity contribution in [1.82, 2.24) is 0 Å². The van der Waals surface area contributed by atoms with Gasteiger partial charge in [0.25, 0.3) is 0 Å². The van der Waals surface area contributed by atoms with Crippen molar-refractivity contribution in [3.8, 4) is 0 Å². The van der Waals surface area contributed by atoms with Crippen molar-refractivity contribution in [3.05, 3.63) is 129 Å². The topological polar surface area (TPSA) is 52.0 Å². The van der Waals surface area contributed by atoms with Crippen LogP contribution in [0.5, 0.6) is 0 Å².